The lowest BCUT2D eigenvalue weighted by molar-refractivity contribution is -0.124. The van der Waals surface area contributed by atoms with Crippen LogP contribution in [0.3, 0.4) is 0 Å². The fourth-order valence-electron chi connectivity index (χ4n) is 1.84. The highest BCUT2D eigenvalue weighted by Gasteiger charge is 2.24. The highest BCUT2D eigenvalue weighted by molar-refractivity contribution is 8.00. The molecular formula is C13H16N2O3S. The molecule has 6 heteroatoms. The predicted octanol–water partition coefficient (Wildman–Crippen LogP) is 1.38. The number of hydrogen-bond donors (Lipinski definition) is 2. The van der Waals surface area contributed by atoms with E-state index in [0.717, 1.165) is 17.7 Å². The van der Waals surface area contributed by atoms with E-state index in [1.807, 2.05) is 18.2 Å². The summed E-state index contributed by atoms with van der Waals surface area (Å²) >= 11 is 1.31. The SMILES string of the molecule is NC(=O)CSc1ccccc1NC(=O)C1CCCO1. The zero-order valence-electron chi connectivity index (χ0n) is 10.4. The second kappa shape index (κ2) is 6.58. The maximum atomic E-state index is 12.0. The fraction of sp³-hybridized carbons (Fsp3) is 0.385. The highest BCUT2D eigenvalue weighted by atomic mass is 32.2. The molecule has 19 heavy (non-hydrogen) atoms. The Morgan fingerprint density at radius 3 is 2.89 bits per heavy atom. The topological polar surface area (TPSA) is 81.4 Å². The van der Waals surface area contributed by atoms with Gasteiger partial charge < -0.3 is 15.8 Å². The third-order valence-electron chi connectivity index (χ3n) is 2.74. The van der Waals surface area contributed by atoms with Gasteiger partial charge in [0.05, 0.1) is 11.4 Å². The quantitative estimate of drug-likeness (QED) is 0.798. The first-order valence-corrected chi connectivity index (χ1v) is 7.08. The summed E-state index contributed by atoms with van der Waals surface area (Å²) in [5.74, 6) is -0.331. The lowest BCUT2D eigenvalue weighted by Gasteiger charge is -2.13. The summed E-state index contributed by atoms with van der Waals surface area (Å²) in [5, 5.41) is 2.84. The van der Waals surface area contributed by atoms with Crippen molar-refractivity contribution in [3.05, 3.63) is 24.3 Å². The van der Waals surface area contributed by atoms with Crippen molar-refractivity contribution in [2.24, 2.45) is 5.73 Å². The van der Waals surface area contributed by atoms with E-state index in [1.54, 1.807) is 6.07 Å². The van der Waals surface area contributed by atoms with Crippen LogP contribution in [0, 0.1) is 0 Å². The molecule has 0 aliphatic carbocycles. The molecule has 1 aromatic carbocycles. The first-order chi connectivity index (χ1) is 9.16. The largest absolute Gasteiger partial charge is 0.369 e. The summed E-state index contributed by atoms with van der Waals surface area (Å²) in [4.78, 5) is 23.6. The molecule has 1 aliphatic heterocycles. The summed E-state index contributed by atoms with van der Waals surface area (Å²) in [6.07, 6.45) is 1.30. The summed E-state index contributed by atoms with van der Waals surface area (Å²) in [7, 11) is 0. The van der Waals surface area contributed by atoms with Crippen molar-refractivity contribution >= 4 is 29.3 Å². The molecule has 1 unspecified atom stereocenters. The highest BCUT2D eigenvalue weighted by Crippen LogP contribution is 2.27. The molecule has 0 saturated carbocycles. The maximum Gasteiger partial charge on any atom is 0.253 e. The minimum atomic E-state index is -0.384. The van der Waals surface area contributed by atoms with Gasteiger partial charge in [-0.15, -0.1) is 11.8 Å². The number of hydrogen-bond acceptors (Lipinski definition) is 4. The Morgan fingerprint density at radius 1 is 1.42 bits per heavy atom. The monoisotopic (exact) mass is 280 g/mol. The third kappa shape index (κ3) is 3.97. The molecule has 1 saturated heterocycles. The first kappa shape index (κ1) is 13.9. The van der Waals surface area contributed by atoms with Gasteiger partial charge in [-0.1, -0.05) is 12.1 Å². The van der Waals surface area contributed by atoms with Gasteiger partial charge in [-0.25, -0.2) is 0 Å². The zero-order chi connectivity index (χ0) is 13.7. The standard InChI is InChI=1S/C13H16N2O3S/c14-12(16)8-19-11-6-2-1-4-9(11)15-13(17)10-5-3-7-18-10/h1-2,4,6,10H,3,5,7-8H2,(H2,14,16)(H,15,17). The molecule has 5 nitrogen and oxygen atoms in total. The molecule has 1 heterocycles. The van der Waals surface area contributed by atoms with E-state index in [-0.39, 0.29) is 23.7 Å². The van der Waals surface area contributed by atoms with Crippen LogP contribution in [-0.2, 0) is 14.3 Å². The Morgan fingerprint density at radius 2 is 2.21 bits per heavy atom. The molecule has 2 amide bonds. The molecule has 0 radical (unpaired) electrons. The average molecular weight is 280 g/mol. The van der Waals surface area contributed by atoms with Gasteiger partial charge in [0.25, 0.3) is 5.91 Å². The second-order valence-electron chi connectivity index (χ2n) is 4.24. The normalized spacial score (nSPS) is 18.2. The van der Waals surface area contributed by atoms with E-state index in [1.165, 1.54) is 11.8 Å². The van der Waals surface area contributed by atoms with Crippen LogP contribution in [0.15, 0.2) is 29.2 Å². The van der Waals surface area contributed by atoms with Crippen molar-refractivity contribution in [1.82, 2.24) is 0 Å². The number of rotatable bonds is 5. The molecule has 1 aliphatic rings. The Hall–Kier alpha value is -1.53. The van der Waals surface area contributed by atoms with Crippen LogP contribution in [0.5, 0.6) is 0 Å². The van der Waals surface area contributed by atoms with E-state index in [0.29, 0.717) is 12.3 Å². The van der Waals surface area contributed by atoms with Crippen molar-refractivity contribution in [2.45, 2.75) is 23.8 Å². The van der Waals surface area contributed by atoms with Crippen molar-refractivity contribution in [2.75, 3.05) is 17.7 Å². The Kier molecular flexibility index (Phi) is 4.81. The first-order valence-electron chi connectivity index (χ1n) is 6.09. The molecule has 0 spiro atoms. The zero-order valence-corrected chi connectivity index (χ0v) is 11.2. The summed E-state index contributed by atoms with van der Waals surface area (Å²) < 4.78 is 5.33. The van der Waals surface area contributed by atoms with Crippen molar-refractivity contribution in [1.29, 1.82) is 0 Å². The summed E-state index contributed by atoms with van der Waals surface area (Å²) in [6.45, 7) is 0.635. The number of nitrogens with two attached hydrogens (primary N) is 1. The van der Waals surface area contributed by atoms with Crippen LogP contribution >= 0.6 is 11.8 Å². The molecule has 0 bridgehead atoms. The average Bonchev–Trinajstić information content (AvgIpc) is 2.91. The molecule has 0 aromatic heterocycles. The van der Waals surface area contributed by atoms with Crippen LogP contribution in [0.1, 0.15) is 12.8 Å². The minimum Gasteiger partial charge on any atom is -0.369 e. The smallest absolute Gasteiger partial charge is 0.253 e. The van der Waals surface area contributed by atoms with E-state index >= 15 is 0 Å². The van der Waals surface area contributed by atoms with Crippen molar-refractivity contribution in [3.63, 3.8) is 0 Å². The Bertz CT molecular complexity index is 473. The van der Waals surface area contributed by atoms with E-state index < -0.39 is 0 Å². The minimum absolute atomic E-state index is 0.135. The van der Waals surface area contributed by atoms with Gasteiger partial charge in [0.2, 0.25) is 5.91 Å². The molecule has 3 N–H and O–H groups in total. The van der Waals surface area contributed by atoms with E-state index in [2.05, 4.69) is 5.32 Å². The Labute approximate surface area is 115 Å². The third-order valence-corrected chi connectivity index (χ3v) is 3.83. The van der Waals surface area contributed by atoms with Crippen LogP contribution < -0.4 is 11.1 Å². The van der Waals surface area contributed by atoms with Crippen LogP contribution in [0.4, 0.5) is 5.69 Å². The van der Waals surface area contributed by atoms with E-state index in [9.17, 15) is 9.59 Å². The fourth-order valence-corrected chi connectivity index (χ4v) is 2.59. The lowest BCUT2D eigenvalue weighted by Crippen LogP contribution is -2.27. The molecule has 1 atom stereocenters. The molecule has 2 rings (SSSR count). The van der Waals surface area contributed by atoms with E-state index in [4.69, 9.17) is 10.5 Å². The summed E-state index contributed by atoms with van der Waals surface area (Å²) in [5.41, 5.74) is 5.81. The number of para-hydroxylation sites is 1. The van der Waals surface area contributed by atoms with Crippen LogP contribution in [0.2, 0.25) is 0 Å². The maximum absolute atomic E-state index is 12.0. The molecule has 102 valence electrons. The van der Waals surface area contributed by atoms with Gasteiger partial charge in [-0.2, -0.15) is 0 Å². The number of primary amides is 1. The van der Waals surface area contributed by atoms with Crippen LogP contribution in [0.25, 0.3) is 0 Å². The lowest BCUT2D eigenvalue weighted by atomic mass is 10.2. The van der Waals surface area contributed by atoms with Gasteiger partial charge in [-0.05, 0) is 25.0 Å². The number of benzene rings is 1. The predicted molar refractivity (Wildman–Crippen MR) is 74.0 cm³/mol. The van der Waals surface area contributed by atoms with Gasteiger partial charge in [0.15, 0.2) is 0 Å². The number of nitrogens with one attached hydrogen (secondary N) is 1. The number of anilines is 1. The number of ether oxygens (including phenoxy) is 1. The molecule has 1 aromatic rings. The number of thioether (sulfide) groups is 1. The van der Waals surface area contributed by atoms with Crippen LogP contribution in [-0.4, -0.2) is 30.3 Å². The van der Waals surface area contributed by atoms with Crippen molar-refractivity contribution < 1.29 is 14.3 Å². The van der Waals surface area contributed by atoms with Gasteiger partial charge in [0, 0.05) is 11.5 Å². The molecular weight excluding hydrogens is 264 g/mol. The number of carbonyl (C=O) groups is 2. The van der Waals surface area contributed by atoms with Gasteiger partial charge in [0.1, 0.15) is 6.10 Å². The molecule has 1 fully saturated rings. The van der Waals surface area contributed by atoms with Gasteiger partial charge in [-0.3, -0.25) is 9.59 Å². The Balaban J connectivity index is 2.02. The van der Waals surface area contributed by atoms with Crippen molar-refractivity contribution in [3.8, 4) is 0 Å². The summed E-state index contributed by atoms with van der Waals surface area (Å²) in [6, 6.07) is 7.33. The number of amides is 2. The van der Waals surface area contributed by atoms with Gasteiger partial charge >= 0.3 is 0 Å². The second-order valence-corrected chi connectivity index (χ2v) is 5.26. The number of carbonyl (C=O) groups excluding carboxylic acids is 2.